The molecule has 3 nitrogen and oxygen atoms in total. The van der Waals surface area contributed by atoms with Crippen LogP contribution in [-0.4, -0.2) is 9.55 Å². The lowest BCUT2D eigenvalue weighted by molar-refractivity contribution is 0.826. The highest BCUT2D eigenvalue weighted by Gasteiger charge is 2.22. The van der Waals surface area contributed by atoms with Gasteiger partial charge in [-0.25, -0.2) is 4.98 Å². The number of hydrogen-bond donors (Lipinski definition) is 0. The number of rotatable bonds is 1. The minimum Gasteiger partial charge on any atom is -0.306 e. The van der Waals surface area contributed by atoms with Gasteiger partial charge in [-0.05, 0) is 36.1 Å². The van der Waals surface area contributed by atoms with Crippen molar-refractivity contribution in [2.75, 3.05) is 0 Å². The van der Waals surface area contributed by atoms with Crippen LogP contribution in [0.1, 0.15) is 23.5 Å². The van der Waals surface area contributed by atoms with E-state index in [1.165, 1.54) is 11.1 Å². The number of imidazole rings is 1. The van der Waals surface area contributed by atoms with Gasteiger partial charge in [-0.1, -0.05) is 6.07 Å². The minimum absolute atomic E-state index is 0.0897. The molecule has 1 atom stereocenters. The molecule has 3 rings (SSSR count). The average molecular weight is 209 g/mol. The molecule has 0 amide bonds. The molecule has 0 saturated heterocycles. The average Bonchev–Trinajstić information content (AvgIpc) is 2.97. The van der Waals surface area contributed by atoms with Crippen LogP contribution in [0.15, 0.2) is 36.9 Å². The molecule has 1 unspecified atom stereocenters. The van der Waals surface area contributed by atoms with Crippen molar-refractivity contribution in [1.29, 1.82) is 5.26 Å². The van der Waals surface area contributed by atoms with Gasteiger partial charge in [0.25, 0.3) is 0 Å². The van der Waals surface area contributed by atoms with Crippen LogP contribution in [0.2, 0.25) is 0 Å². The Morgan fingerprint density at radius 1 is 1.44 bits per heavy atom. The molecule has 16 heavy (non-hydrogen) atoms. The van der Waals surface area contributed by atoms with Gasteiger partial charge in [0.05, 0.1) is 18.3 Å². The number of nitrogens with zero attached hydrogens (tertiary/aromatic N) is 3. The third-order valence-electron chi connectivity index (χ3n) is 3.16. The summed E-state index contributed by atoms with van der Waals surface area (Å²) in [6, 6.07) is 8.64. The van der Waals surface area contributed by atoms with Gasteiger partial charge in [0, 0.05) is 18.1 Å². The summed E-state index contributed by atoms with van der Waals surface area (Å²) in [6.07, 6.45) is 7.46. The van der Waals surface area contributed by atoms with Crippen molar-refractivity contribution in [2.24, 2.45) is 0 Å². The first-order valence-corrected chi connectivity index (χ1v) is 5.39. The van der Waals surface area contributed by atoms with Crippen LogP contribution < -0.4 is 0 Å². The zero-order chi connectivity index (χ0) is 11.0. The second-order valence-corrected chi connectivity index (χ2v) is 4.07. The number of nitriles is 1. The molecule has 1 aromatic heterocycles. The monoisotopic (exact) mass is 209 g/mol. The Balaban J connectivity index is 2.06. The highest BCUT2D eigenvalue weighted by atomic mass is 15.0. The summed E-state index contributed by atoms with van der Waals surface area (Å²) in [6.45, 7) is 0. The third-order valence-corrected chi connectivity index (χ3v) is 3.16. The summed E-state index contributed by atoms with van der Waals surface area (Å²) in [5, 5.41) is 9.00. The number of aromatic nitrogens is 2. The smallest absolute Gasteiger partial charge is 0.0991 e. The molecule has 0 fully saturated rings. The van der Waals surface area contributed by atoms with Gasteiger partial charge in [-0.15, -0.1) is 0 Å². The summed E-state index contributed by atoms with van der Waals surface area (Å²) in [5.41, 5.74) is 3.62. The zero-order valence-corrected chi connectivity index (χ0v) is 8.80. The van der Waals surface area contributed by atoms with E-state index in [1.54, 1.807) is 12.5 Å². The van der Waals surface area contributed by atoms with E-state index in [0.29, 0.717) is 0 Å². The summed E-state index contributed by atoms with van der Waals surface area (Å²) in [5.74, 6) is 0.0897. The molecule has 0 saturated carbocycles. The van der Waals surface area contributed by atoms with E-state index in [4.69, 9.17) is 5.26 Å². The normalized spacial score (nSPS) is 18.1. The lowest BCUT2D eigenvalue weighted by Gasteiger charge is -2.06. The van der Waals surface area contributed by atoms with Crippen molar-refractivity contribution in [2.45, 2.75) is 18.8 Å². The number of aryl methyl sites for hydroxylation is 1. The van der Waals surface area contributed by atoms with E-state index in [-0.39, 0.29) is 5.92 Å². The molecule has 1 heterocycles. The fourth-order valence-corrected chi connectivity index (χ4v) is 2.31. The topological polar surface area (TPSA) is 41.6 Å². The highest BCUT2D eigenvalue weighted by Crippen LogP contribution is 2.33. The quantitative estimate of drug-likeness (QED) is 0.723. The van der Waals surface area contributed by atoms with Crippen LogP contribution in [0.25, 0.3) is 5.69 Å². The maximum Gasteiger partial charge on any atom is 0.0991 e. The van der Waals surface area contributed by atoms with Crippen molar-refractivity contribution in [3.63, 3.8) is 0 Å². The molecular formula is C13H11N3. The summed E-state index contributed by atoms with van der Waals surface area (Å²) < 4.78 is 1.99. The van der Waals surface area contributed by atoms with Gasteiger partial charge in [0.2, 0.25) is 0 Å². The van der Waals surface area contributed by atoms with Crippen LogP contribution in [0.3, 0.4) is 0 Å². The van der Waals surface area contributed by atoms with E-state index in [1.807, 2.05) is 10.8 Å². The molecule has 0 N–H and O–H groups in total. The lowest BCUT2D eigenvalue weighted by Crippen LogP contribution is -1.93. The van der Waals surface area contributed by atoms with Crippen LogP contribution in [0, 0.1) is 11.3 Å². The summed E-state index contributed by atoms with van der Waals surface area (Å²) >= 11 is 0. The molecule has 2 aromatic rings. The van der Waals surface area contributed by atoms with Crippen molar-refractivity contribution >= 4 is 0 Å². The van der Waals surface area contributed by atoms with Gasteiger partial charge in [0.15, 0.2) is 0 Å². The Labute approximate surface area is 94.0 Å². The van der Waals surface area contributed by atoms with Crippen LogP contribution >= 0.6 is 0 Å². The van der Waals surface area contributed by atoms with Crippen LogP contribution in [-0.2, 0) is 6.42 Å². The molecule has 1 aliphatic rings. The number of benzene rings is 1. The van der Waals surface area contributed by atoms with E-state index in [0.717, 1.165) is 18.5 Å². The first kappa shape index (κ1) is 9.17. The molecule has 78 valence electrons. The van der Waals surface area contributed by atoms with Crippen molar-refractivity contribution in [3.05, 3.63) is 48.0 Å². The third kappa shape index (κ3) is 1.31. The van der Waals surface area contributed by atoms with Gasteiger partial charge in [0.1, 0.15) is 0 Å². The van der Waals surface area contributed by atoms with Gasteiger partial charge in [-0.3, -0.25) is 0 Å². The molecule has 0 aliphatic heterocycles. The fourth-order valence-electron chi connectivity index (χ4n) is 2.31. The lowest BCUT2D eigenvalue weighted by atomic mass is 10.0. The van der Waals surface area contributed by atoms with Crippen LogP contribution in [0.4, 0.5) is 0 Å². The number of hydrogen-bond acceptors (Lipinski definition) is 2. The molecular weight excluding hydrogens is 198 g/mol. The van der Waals surface area contributed by atoms with Gasteiger partial charge in [-0.2, -0.15) is 5.26 Å². The van der Waals surface area contributed by atoms with Crippen molar-refractivity contribution in [1.82, 2.24) is 9.55 Å². The Bertz CT molecular complexity index is 549. The maximum atomic E-state index is 9.00. The second-order valence-electron chi connectivity index (χ2n) is 4.07. The predicted molar refractivity (Wildman–Crippen MR) is 60.2 cm³/mol. The molecule has 0 spiro atoms. The summed E-state index contributed by atoms with van der Waals surface area (Å²) in [7, 11) is 0. The molecule has 1 aromatic carbocycles. The largest absolute Gasteiger partial charge is 0.306 e. The van der Waals surface area contributed by atoms with Crippen molar-refractivity contribution in [3.8, 4) is 11.8 Å². The molecule has 1 aliphatic carbocycles. The van der Waals surface area contributed by atoms with E-state index in [2.05, 4.69) is 29.3 Å². The Kier molecular flexibility index (Phi) is 2.00. The fraction of sp³-hybridized carbons (Fsp3) is 0.231. The molecule has 0 radical (unpaired) electrons. The van der Waals surface area contributed by atoms with Gasteiger partial charge >= 0.3 is 0 Å². The maximum absolute atomic E-state index is 9.00. The Hall–Kier alpha value is -2.08. The predicted octanol–water partition coefficient (Wildman–Crippen LogP) is 2.43. The zero-order valence-electron chi connectivity index (χ0n) is 8.80. The van der Waals surface area contributed by atoms with Gasteiger partial charge < -0.3 is 4.57 Å². The number of fused-ring (bicyclic) bond motifs is 1. The Morgan fingerprint density at radius 3 is 3.12 bits per heavy atom. The standard InChI is InChI=1S/C13H11N3/c14-8-11-2-1-10-7-12(3-4-13(10)11)16-6-5-15-9-16/h3-7,9,11H,1-2H2. The van der Waals surface area contributed by atoms with E-state index in [9.17, 15) is 0 Å². The van der Waals surface area contributed by atoms with Crippen molar-refractivity contribution < 1.29 is 0 Å². The van der Waals surface area contributed by atoms with E-state index < -0.39 is 0 Å². The van der Waals surface area contributed by atoms with E-state index >= 15 is 0 Å². The van der Waals surface area contributed by atoms with Crippen LogP contribution in [0.5, 0.6) is 0 Å². The molecule has 3 heteroatoms. The minimum atomic E-state index is 0.0897. The summed E-state index contributed by atoms with van der Waals surface area (Å²) in [4.78, 5) is 4.03. The SMILES string of the molecule is N#CC1CCc2cc(-n3ccnc3)ccc21. The Morgan fingerprint density at radius 2 is 2.38 bits per heavy atom. The second kappa shape index (κ2) is 3.49. The molecule has 0 bridgehead atoms. The first-order valence-electron chi connectivity index (χ1n) is 5.39. The highest BCUT2D eigenvalue weighted by molar-refractivity contribution is 5.46. The first-order chi connectivity index (χ1) is 7.88.